The first-order chi connectivity index (χ1) is 17.9. The van der Waals surface area contributed by atoms with E-state index >= 15 is 0 Å². The van der Waals surface area contributed by atoms with E-state index in [1.165, 1.54) is 0 Å². The fourth-order valence-corrected chi connectivity index (χ4v) is 6.63. The Hall–Kier alpha value is -2.37. The third kappa shape index (κ3) is 5.79. The van der Waals surface area contributed by atoms with Crippen molar-refractivity contribution in [2.45, 2.75) is 69.1 Å². The molecule has 1 saturated carbocycles. The number of morpholine rings is 1. The fourth-order valence-electron chi connectivity index (χ4n) is 4.89. The number of hydrogen-bond donors (Lipinski definition) is 0. The molecule has 2 aromatic carbocycles. The zero-order valence-electron chi connectivity index (χ0n) is 21.7. The van der Waals surface area contributed by atoms with Gasteiger partial charge in [0.05, 0.1) is 27.1 Å². The van der Waals surface area contributed by atoms with Crippen molar-refractivity contribution in [3.8, 4) is 6.07 Å². The van der Waals surface area contributed by atoms with Gasteiger partial charge in [0, 0.05) is 17.5 Å². The zero-order chi connectivity index (χ0) is 27.8. The summed E-state index contributed by atoms with van der Waals surface area (Å²) < 4.78 is 32.4. The van der Waals surface area contributed by atoms with Crippen molar-refractivity contribution in [1.29, 1.82) is 5.26 Å². The minimum absolute atomic E-state index is 0.0681. The van der Waals surface area contributed by atoms with Crippen LogP contribution in [0.5, 0.6) is 0 Å². The molecule has 1 saturated heterocycles. The Kier molecular flexibility index (Phi) is 8.30. The minimum Gasteiger partial charge on any atom is -0.358 e. The van der Waals surface area contributed by atoms with Gasteiger partial charge in [-0.2, -0.15) is 5.26 Å². The van der Waals surface area contributed by atoms with Gasteiger partial charge in [-0.1, -0.05) is 47.5 Å². The van der Waals surface area contributed by atoms with Gasteiger partial charge < -0.3 is 9.64 Å². The third-order valence-corrected chi connectivity index (χ3v) is 10.5. The van der Waals surface area contributed by atoms with Crippen LogP contribution in [0.2, 0.25) is 10.0 Å². The quantitative estimate of drug-likeness (QED) is 0.338. The topological polar surface area (TPSA) is 87.5 Å². The molecule has 0 N–H and O–H groups in total. The summed E-state index contributed by atoms with van der Waals surface area (Å²) in [6, 6.07) is 13.2. The average Bonchev–Trinajstić information content (AvgIpc) is 3.69. The predicted molar refractivity (Wildman–Crippen MR) is 150 cm³/mol. The van der Waals surface area contributed by atoms with Crippen LogP contribution in [0.4, 0.5) is 0 Å². The Balaban J connectivity index is 1.90. The molecular formula is C29H32Cl2N2O4S. The molecule has 0 spiro atoms. The molecule has 2 aliphatic rings. The molecule has 38 heavy (non-hydrogen) atoms. The smallest absolute Gasteiger partial charge is 0.252 e. The standard InChI is InChI=1S/C29H32Cl2N2O4S/c1-5-6-25-28(34)33(24(18-7-8-18)17-38(35,36)29(2,3)4)26(19-11-13-22(30)14-12-19)27(37-25)20-9-10-21(16-32)23(31)15-20/h5,9-15,18,24-27H,1,6-8,17H2,2-4H3/t24-,25+,26-,27-/m1/s1. The van der Waals surface area contributed by atoms with E-state index in [2.05, 4.69) is 12.6 Å². The highest BCUT2D eigenvalue weighted by molar-refractivity contribution is 7.92. The number of nitriles is 1. The van der Waals surface area contributed by atoms with Crippen LogP contribution >= 0.6 is 23.2 Å². The maximum absolute atomic E-state index is 14.1. The number of ether oxygens (including phenoxy) is 1. The molecule has 1 aliphatic heterocycles. The van der Waals surface area contributed by atoms with Crippen molar-refractivity contribution in [3.63, 3.8) is 0 Å². The second-order valence-electron chi connectivity index (χ2n) is 11.0. The lowest BCUT2D eigenvalue weighted by atomic mass is 9.89. The molecule has 0 bridgehead atoms. The van der Waals surface area contributed by atoms with Crippen LogP contribution in [0, 0.1) is 17.2 Å². The lowest BCUT2D eigenvalue weighted by molar-refractivity contribution is -0.178. The molecule has 2 aromatic rings. The lowest BCUT2D eigenvalue weighted by Crippen LogP contribution is -2.57. The molecule has 4 rings (SSSR count). The first kappa shape index (κ1) is 28.6. The monoisotopic (exact) mass is 574 g/mol. The van der Waals surface area contributed by atoms with E-state index in [0.717, 1.165) is 18.4 Å². The van der Waals surface area contributed by atoms with Gasteiger partial charge in [0.2, 0.25) is 0 Å². The summed E-state index contributed by atoms with van der Waals surface area (Å²) in [5.74, 6) is -0.334. The van der Waals surface area contributed by atoms with Crippen molar-refractivity contribution in [1.82, 2.24) is 4.90 Å². The van der Waals surface area contributed by atoms with Gasteiger partial charge in [-0.25, -0.2) is 8.42 Å². The molecule has 6 nitrogen and oxygen atoms in total. The number of sulfone groups is 1. The Bertz CT molecular complexity index is 1360. The van der Waals surface area contributed by atoms with E-state index in [1.807, 2.05) is 12.1 Å². The highest BCUT2D eigenvalue weighted by Crippen LogP contribution is 2.48. The van der Waals surface area contributed by atoms with Gasteiger partial charge in [0.1, 0.15) is 18.3 Å². The maximum atomic E-state index is 14.1. The van der Waals surface area contributed by atoms with Crippen LogP contribution < -0.4 is 0 Å². The van der Waals surface area contributed by atoms with E-state index in [0.29, 0.717) is 16.1 Å². The molecule has 0 aromatic heterocycles. The molecule has 0 radical (unpaired) electrons. The van der Waals surface area contributed by atoms with E-state index in [4.69, 9.17) is 27.9 Å². The third-order valence-electron chi connectivity index (χ3n) is 7.31. The molecule has 202 valence electrons. The van der Waals surface area contributed by atoms with Crippen LogP contribution in [0.1, 0.15) is 68.9 Å². The van der Waals surface area contributed by atoms with Crippen LogP contribution in [-0.2, 0) is 19.4 Å². The van der Waals surface area contributed by atoms with Gasteiger partial charge in [-0.3, -0.25) is 4.79 Å². The largest absolute Gasteiger partial charge is 0.358 e. The number of hydrogen-bond acceptors (Lipinski definition) is 5. The number of carbonyl (C=O) groups is 1. The lowest BCUT2D eigenvalue weighted by Gasteiger charge is -2.48. The van der Waals surface area contributed by atoms with Crippen molar-refractivity contribution < 1.29 is 17.9 Å². The second-order valence-corrected chi connectivity index (χ2v) is 14.6. The van der Waals surface area contributed by atoms with E-state index < -0.39 is 38.9 Å². The van der Waals surface area contributed by atoms with E-state index in [-0.39, 0.29) is 29.0 Å². The molecule has 1 heterocycles. The molecule has 2 fully saturated rings. The van der Waals surface area contributed by atoms with Crippen molar-refractivity contribution in [2.24, 2.45) is 5.92 Å². The number of rotatable bonds is 8. The van der Waals surface area contributed by atoms with Gasteiger partial charge in [0.15, 0.2) is 9.84 Å². The van der Waals surface area contributed by atoms with E-state index in [9.17, 15) is 18.5 Å². The first-order valence-corrected chi connectivity index (χ1v) is 15.0. The number of benzene rings is 2. The number of carbonyl (C=O) groups excluding carboxylic acids is 1. The summed E-state index contributed by atoms with van der Waals surface area (Å²) in [6.07, 6.45) is 2.09. The zero-order valence-corrected chi connectivity index (χ0v) is 24.1. The molecule has 1 amide bonds. The number of nitrogens with zero attached hydrogens (tertiary/aromatic N) is 2. The first-order valence-electron chi connectivity index (χ1n) is 12.6. The van der Waals surface area contributed by atoms with Gasteiger partial charge in [-0.05, 0) is 74.9 Å². The summed E-state index contributed by atoms with van der Waals surface area (Å²) in [6.45, 7) is 8.86. The molecule has 9 heteroatoms. The summed E-state index contributed by atoms with van der Waals surface area (Å²) in [5.41, 5.74) is 1.79. The average molecular weight is 576 g/mol. The van der Waals surface area contributed by atoms with Crippen LogP contribution in [-0.4, -0.2) is 41.9 Å². The molecular weight excluding hydrogens is 543 g/mol. The molecule has 4 atom stereocenters. The summed E-state index contributed by atoms with van der Waals surface area (Å²) in [5, 5.41) is 10.2. The SMILES string of the molecule is C=CC[C@@H]1O[C@H](c2ccc(C#N)c(Cl)c2)[C@@H](c2ccc(Cl)cc2)N([C@H](CS(=O)(=O)C(C)(C)C)C2CC2)C1=O. The highest BCUT2D eigenvalue weighted by Gasteiger charge is 2.51. The number of amides is 1. The Morgan fingerprint density at radius 1 is 1.16 bits per heavy atom. The molecule has 0 unspecified atom stereocenters. The Morgan fingerprint density at radius 2 is 1.79 bits per heavy atom. The van der Waals surface area contributed by atoms with Crippen LogP contribution in [0.3, 0.4) is 0 Å². The minimum atomic E-state index is -3.55. The van der Waals surface area contributed by atoms with Crippen molar-refractivity contribution >= 4 is 38.9 Å². The van der Waals surface area contributed by atoms with Gasteiger partial charge in [0.25, 0.3) is 5.91 Å². The van der Waals surface area contributed by atoms with Gasteiger partial charge >= 0.3 is 0 Å². The number of halogens is 2. The van der Waals surface area contributed by atoms with Gasteiger partial charge in [-0.15, -0.1) is 6.58 Å². The van der Waals surface area contributed by atoms with Crippen molar-refractivity contribution in [3.05, 3.63) is 81.9 Å². The summed E-state index contributed by atoms with van der Waals surface area (Å²) >= 11 is 12.6. The van der Waals surface area contributed by atoms with Crippen LogP contribution in [0.15, 0.2) is 55.1 Å². The van der Waals surface area contributed by atoms with E-state index in [1.54, 1.807) is 62.1 Å². The van der Waals surface area contributed by atoms with Crippen LogP contribution in [0.25, 0.3) is 0 Å². The summed E-state index contributed by atoms with van der Waals surface area (Å²) in [4.78, 5) is 15.8. The molecule has 1 aliphatic carbocycles. The Labute approximate surface area is 235 Å². The fraction of sp³-hybridized carbons (Fsp3) is 0.448. The second kappa shape index (κ2) is 11.0. The van der Waals surface area contributed by atoms with Crippen molar-refractivity contribution in [2.75, 3.05) is 5.75 Å². The Morgan fingerprint density at radius 3 is 2.32 bits per heavy atom. The highest BCUT2D eigenvalue weighted by atomic mass is 35.5. The summed E-state index contributed by atoms with van der Waals surface area (Å²) in [7, 11) is -3.55. The predicted octanol–water partition coefficient (Wildman–Crippen LogP) is 6.44. The maximum Gasteiger partial charge on any atom is 0.252 e. The normalized spacial score (nSPS) is 23.1.